The molecule has 0 saturated heterocycles. The molecule has 0 rings (SSSR count). The summed E-state index contributed by atoms with van der Waals surface area (Å²) in [5, 5.41) is 3.10. The molecule has 0 atom stereocenters. The zero-order valence-electron chi connectivity index (χ0n) is 11.3. The van der Waals surface area contributed by atoms with E-state index in [0.29, 0.717) is 5.54 Å². The predicted molar refractivity (Wildman–Crippen MR) is 67.4 cm³/mol. The van der Waals surface area contributed by atoms with Crippen molar-refractivity contribution in [3.05, 3.63) is 12.7 Å². The molecule has 0 aliphatic rings. The van der Waals surface area contributed by atoms with Crippen LogP contribution in [0.25, 0.3) is 0 Å². The molecule has 0 heterocycles. The van der Waals surface area contributed by atoms with Crippen LogP contribution in [0.4, 0.5) is 0 Å². The van der Waals surface area contributed by atoms with E-state index in [1.54, 1.807) is 6.08 Å². The summed E-state index contributed by atoms with van der Waals surface area (Å²) < 4.78 is 0. The van der Waals surface area contributed by atoms with Crippen LogP contribution in [0.3, 0.4) is 0 Å². The second-order valence-corrected chi connectivity index (χ2v) is 2.91. The minimum atomic E-state index is 0.292. The van der Waals surface area contributed by atoms with Crippen LogP contribution in [0.5, 0.6) is 0 Å². The Kier molecular flexibility index (Phi) is 39.9. The lowest BCUT2D eigenvalue weighted by Gasteiger charge is -2.15. The molecule has 1 N–H and O–H groups in total. The molecular weight excluding hydrogens is 158 g/mol. The Bertz CT molecular complexity index is 60.0. The van der Waals surface area contributed by atoms with Crippen molar-refractivity contribution in [1.82, 2.24) is 5.32 Å². The van der Waals surface area contributed by atoms with Gasteiger partial charge in [-0.25, -0.2) is 0 Å². The monoisotopic (exact) mass is 189 g/mol. The van der Waals surface area contributed by atoms with Gasteiger partial charge in [0.1, 0.15) is 0 Å². The molecule has 1 nitrogen and oxygen atoms in total. The lowest BCUT2D eigenvalue weighted by atomic mass is 10.1. The molecule has 84 valence electrons. The van der Waals surface area contributed by atoms with E-state index in [2.05, 4.69) is 32.7 Å². The summed E-state index contributed by atoms with van der Waals surface area (Å²) in [5.74, 6) is 0. The maximum atomic E-state index is 3.36. The van der Waals surface area contributed by atoms with Crippen molar-refractivity contribution in [3.8, 4) is 0 Å². The van der Waals surface area contributed by atoms with Gasteiger partial charge in [-0.2, -0.15) is 0 Å². The van der Waals surface area contributed by atoms with Gasteiger partial charge in [-0.15, -0.1) is 6.58 Å². The van der Waals surface area contributed by atoms with Crippen LogP contribution in [0.1, 0.15) is 55.4 Å². The largest absolute Gasteiger partial charge is 0.315 e. The quantitative estimate of drug-likeness (QED) is 0.562. The van der Waals surface area contributed by atoms with Gasteiger partial charge in [0.2, 0.25) is 0 Å². The zero-order chi connectivity index (χ0) is 11.9. The minimum Gasteiger partial charge on any atom is -0.315 e. The number of rotatable bonds is 0. The van der Waals surface area contributed by atoms with Gasteiger partial charge in [-0.3, -0.25) is 0 Å². The van der Waals surface area contributed by atoms with Gasteiger partial charge in [0, 0.05) is 5.54 Å². The van der Waals surface area contributed by atoms with Gasteiger partial charge in [0.25, 0.3) is 0 Å². The van der Waals surface area contributed by atoms with Crippen molar-refractivity contribution < 1.29 is 0 Å². The highest BCUT2D eigenvalue weighted by Crippen LogP contribution is 1.93. The van der Waals surface area contributed by atoms with Crippen molar-refractivity contribution >= 4 is 0 Å². The average Bonchev–Trinajstić information content (AvgIpc) is 2.12. The topological polar surface area (TPSA) is 12.0 Å². The highest BCUT2D eigenvalue weighted by Gasteiger charge is 2.01. The minimum absolute atomic E-state index is 0.292. The van der Waals surface area contributed by atoms with E-state index in [1.807, 2.05) is 41.7 Å². The number of nitrogens with one attached hydrogen (secondary N) is 1. The molecule has 0 fully saturated rings. The summed E-state index contributed by atoms with van der Waals surface area (Å²) in [7, 11) is 1.96. The molecule has 0 aromatic carbocycles. The Balaban J connectivity index is -0.0000000493. The smallest absolute Gasteiger partial charge is 0.00935 e. The molecule has 0 aromatic rings. The molecule has 0 unspecified atom stereocenters. The molecule has 0 amide bonds. The molecule has 0 bridgehead atoms. The van der Waals surface area contributed by atoms with E-state index in [-0.39, 0.29) is 0 Å². The van der Waals surface area contributed by atoms with Crippen molar-refractivity contribution in [3.63, 3.8) is 0 Å². The Morgan fingerprint density at radius 3 is 1.08 bits per heavy atom. The van der Waals surface area contributed by atoms with E-state index < -0.39 is 0 Å². The standard InChI is InChI=1S/C5H13N.C3H6.2C2H6/c1-5(2,3)6-4;1-3-2;2*1-2/h6H,1-4H3;3H,1H2,2H3;2*1-2H3. The van der Waals surface area contributed by atoms with Gasteiger partial charge in [0.05, 0.1) is 0 Å². The van der Waals surface area contributed by atoms with Crippen molar-refractivity contribution in [1.29, 1.82) is 0 Å². The van der Waals surface area contributed by atoms with Crippen LogP contribution < -0.4 is 5.32 Å². The fraction of sp³-hybridized carbons (Fsp3) is 0.833. The summed E-state index contributed by atoms with van der Waals surface area (Å²) in [6.07, 6.45) is 1.75. The average molecular weight is 189 g/mol. The molecule has 0 saturated carbocycles. The van der Waals surface area contributed by atoms with Gasteiger partial charge in [0.15, 0.2) is 0 Å². The third-order valence-electron chi connectivity index (χ3n) is 0.750. The van der Waals surface area contributed by atoms with Gasteiger partial charge in [-0.05, 0) is 34.7 Å². The van der Waals surface area contributed by atoms with Crippen LogP contribution in [-0.2, 0) is 0 Å². The van der Waals surface area contributed by atoms with Crippen molar-refractivity contribution in [2.45, 2.75) is 60.9 Å². The van der Waals surface area contributed by atoms with Crippen LogP contribution >= 0.6 is 0 Å². The van der Waals surface area contributed by atoms with E-state index >= 15 is 0 Å². The molecule has 0 spiro atoms. The molecule has 13 heavy (non-hydrogen) atoms. The molecule has 0 radical (unpaired) electrons. The Morgan fingerprint density at radius 1 is 1.00 bits per heavy atom. The van der Waals surface area contributed by atoms with E-state index in [1.165, 1.54) is 0 Å². The van der Waals surface area contributed by atoms with E-state index in [4.69, 9.17) is 0 Å². The fourth-order valence-corrected chi connectivity index (χ4v) is 0. The highest BCUT2D eigenvalue weighted by atomic mass is 14.9. The lowest BCUT2D eigenvalue weighted by Crippen LogP contribution is -2.31. The second kappa shape index (κ2) is 22.6. The first-order valence-electron chi connectivity index (χ1n) is 5.24. The molecular formula is C12H31N. The maximum absolute atomic E-state index is 3.36. The van der Waals surface area contributed by atoms with Gasteiger partial charge in [-0.1, -0.05) is 33.8 Å². The summed E-state index contributed by atoms with van der Waals surface area (Å²) in [6, 6.07) is 0. The third kappa shape index (κ3) is 151. The van der Waals surface area contributed by atoms with Gasteiger partial charge >= 0.3 is 0 Å². The third-order valence-corrected chi connectivity index (χ3v) is 0.750. The molecule has 0 aromatic heterocycles. The summed E-state index contributed by atoms with van der Waals surface area (Å²) >= 11 is 0. The second-order valence-electron chi connectivity index (χ2n) is 2.91. The van der Waals surface area contributed by atoms with Gasteiger partial charge < -0.3 is 5.32 Å². The first-order valence-corrected chi connectivity index (χ1v) is 5.24. The number of hydrogen-bond donors (Lipinski definition) is 1. The van der Waals surface area contributed by atoms with Crippen LogP contribution in [-0.4, -0.2) is 12.6 Å². The number of hydrogen-bond acceptors (Lipinski definition) is 1. The Labute approximate surface area is 86.6 Å². The first kappa shape index (κ1) is 23.0. The first-order chi connectivity index (χ1) is 5.97. The molecule has 0 aliphatic carbocycles. The Hall–Kier alpha value is -0.300. The maximum Gasteiger partial charge on any atom is 0.00935 e. The number of allylic oxidation sites excluding steroid dienone is 1. The fourth-order valence-electron chi connectivity index (χ4n) is 0. The Morgan fingerprint density at radius 2 is 1.08 bits per heavy atom. The predicted octanol–water partition coefficient (Wildman–Crippen LogP) is 4.25. The molecule has 1 heteroatoms. The summed E-state index contributed by atoms with van der Waals surface area (Å²) in [5.41, 5.74) is 0.292. The molecule has 0 aliphatic heterocycles. The SMILES string of the molecule is C=CC.CC.CC.CNC(C)(C)C. The van der Waals surface area contributed by atoms with Crippen LogP contribution in [0.15, 0.2) is 12.7 Å². The summed E-state index contributed by atoms with van der Waals surface area (Å²) in [6.45, 7) is 19.6. The van der Waals surface area contributed by atoms with Crippen LogP contribution in [0, 0.1) is 0 Å². The van der Waals surface area contributed by atoms with Crippen molar-refractivity contribution in [2.24, 2.45) is 0 Å². The normalized spacial score (nSPS) is 7.46. The highest BCUT2D eigenvalue weighted by molar-refractivity contribution is 4.65. The zero-order valence-corrected chi connectivity index (χ0v) is 11.3. The van der Waals surface area contributed by atoms with Crippen LogP contribution in [0.2, 0.25) is 0 Å². The van der Waals surface area contributed by atoms with Crippen molar-refractivity contribution in [2.75, 3.05) is 7.05 Å². The van der Waals surface area contributed by atoms with E-state index in [0.717, 1.165) is 0 Å². The summed E-state index contributed by atoms with van der Waals surface area (Å²) in [4.78, 5) is 0. The van der Waals surface area contributed by atoms with E-state index in [9.17, 15) is 0 Å². The lowest BCUT2D eigenvalue weighted by molar-refractivity contribution is 0.469.